The molecule has 0 spiro atoms. The molecule has 1 aromatic heterocycles. The summed E-state index contributed by atoms with van der Waals surface area (Å²) >= 11 is 13.1. The van der Waals surface area contributed by atoms with Gasteiger partial charge in [0, 0.05) is 12.0 Å². The maximum absolute atomic E-state index is 11.6. The first-order valence-corrected chi connectivity index (χ1v) is 9.43. The fourth-order valence-corrected chi connectivity index (χ4v) is 3.67. The highest BCUT2D eigenvalue weighted by Crippen LogP contribution is 2.33. The number of carbonyl (C=O) groups excluding carboxylic acids is 1. The van der Waals surface area contributed by atoms with Gasteiger partial charge in [-0.15, -0.1) is 11.3 Å². The number of thiazole rings is 1. The lowest BCUT2D eigenvalue weighted by molar-refractivity contribution is -0.119. The first-order valence-electron chi connectivity index (χ1n) is 7.83. The number of fused-ring (bicyclic) bond motifs is 1. The van der Waals surface area contributed by atoms with Gasteiger partial charge in [0.1, 0.15) is 5.01 Å². The molecular formula is C18H16ClN3OS2. The smallest absolute Gasteiger partial charge is 0.226 e. The molecule has 3 rings (SSSR count). The summed E-state index contributed by atoms with van der Waals surface area (Å²) in [5.74, 6) is -0.113. The lowest BCUT2D eigenvalue weighted by Crippen LogP contribution is -2.33. The highest BCUT2D eigenvalue weighted by molar-refractivity contribution is 7.80. The Balaban J connectivity index is 1.83. The van der Waals surface area contributed by atoms with Crippen LogP contribution in [-0.4, -0.2) is 16.0 Å². The van der Waals surface area contributed by atoms with E-state index in [9.17, 15) is 4.79 Å². The number of carbonyl (C=O) groups is 1. The number of nitrogens with one attached hydrogen (secondary N) is 2. The zero-order valence-corrected chi connectivity index (χ0v) is 15.9. The minimum absolute atomic E-state index is 0.113. The van der Waals surface area contributed by atoms with Gasteiger partial charge in [-0.1, -0.05) is 36.7 Å². The van der Waals surface area contributed by atoms with E-state index in [1.165, 1.54) is 0 Å². The highest BCUT2D eigenvalue weighted by Gasteiger charge is 2.10. The molecule has 128 valence electrons. The number of rotatable bonds is 4. The molecule has 0 radical (unpaired) electrons. The van der Waals surface area contributed by atoms with E-state index in [1.54, 1.807) is 17.4 Å². The highest BCUT2D eigenvalue weighted by atomic mass is 35.5. The molecule has 25 heavy (non-hydrogen) atoms. The number of thiocarbonyl (C=S) groups is 1. The average molecular weight is 390 g/mol. The van der Waals surface area contributed by atoms with E-state index in [2.05, 4.69) is 15.6 Å². The van der Waals surface area contributed by atoms with Crippen molar-refractivity contribution in [3.63, 3.8) is 0 Å². The second-order valence-electron chi connectivity index (χ2n) is 5.43. The summed E-state index contributed by atoms with van der Waals surface area (Å²) in [4.78, 5) is 16.3. The predicted octanol–water partition coefficient (Wildman–Crippen LogP) is 5.23. The Kier molecular flexibility index (Phi) is 5.63. The lowest BCUT2D eigenvalue weighted by atomic mass is 10.2. The zero-order valence-electron chi connectivity index (χ0n) is 13.5. The third kappa shape index (κ3) is 4.34. The summed E-state index contributed by atoms with van der Waals surface area (Å²) in [5.41, 5.74) is 2.55. The van der Waals surface area contributed by atoms with Crippen LogP contribution in [0.3, 0.4) is 0 Å². The van der Waals surface area contributed by atoms with Gasteiger partial charge >= 0.3 is 0 Å². The second-order valence-corrected chi connectivity index (χ2v) is 7.28. The number of benzene rings is 2. The summed E-state index contributed by atoms with van der Waals surface area (Å²) in [6.07, 6.45) is 1.20. The minimum atomic E-state index is -0.113. The molecule has 2 N–H and O–H groups in total. The number of halogens is 1. The maximum atomic E-state index is 11.6. The van der Waals surface area contributed by atoms with Crippen LogP contribution in [0.1, 0.15) is 19.8 Å². The van der Waals surface area contributed by atoms with E-state index >= 15 is 0 Å². The first-order chi connectivity index (χ1) is 12.1. The summed E-state index contributed by atoms with van der Waals surface area (Å²) < 4.78 is 1.13. The van der Waals surface area contributed by atoms with Crippen molar-refractivity contribution in [1.29, 1.82) is 0 Å². The molecule has 0 aliphatic rings. The Morgan fingerprint density at radius 1 is 1.28 bits per heavy atom. The topological polar surface area (TPSA) is 54.0 Å². The summed E-state index contributed by atoms with van der Waals surface area (Å²) in [6.45, 7) is 1.94. The van der Waals surface area contributed by atoms with Gasteiger partial charge in [0.15, 0.2) is 5.11 Å². The van der Waals surface area contributed by atoms with Crippen molar-refractivity contribution >= 4 is 62.1 Å². The molecule has 2 aromatic carbocycles. The van der Waals surface area contributed by atoms with Gasteiger partial charge in [0.05, 0.1) is 20.9 Å². The van der Waals surface area contributed by atoms with E-state index < -0.39 is 0 Å². The monoisotopic (exact) mass is 389 g/mol. The molecule has 0 aliphatic carbocycles. The van der Waals surface area contributed by atoms with Crippen LogP contribution in [0.15, 0.2) is 42.5 Å². The SMILES string of the molecule is CCCC(=O)NC(=S)Nc1cc(-c2nc3ccccc3s2)ccc1Cl. The van der Waals surface area contributed by atoms with Crippen LogP contribution >= 0.6 is 35.2 Å². The lowest BCUT2D eigenvalue weighted by Gasteiger charge is -2.11. The second kappa shape index (κ2) is 7.91. The van der Waals surface area contributed by atoms with Gasteiger partial charge in [-0.2, -0.15) is 0 Å². The molecule has 0 atom stereocenters. The Morgan fingerprint density at radius 3 is 2.84 bits per heavy atom. The fraction of sp³-hybridized carbons (Fsp3) is 0.167. The van der Waals surface area contributed by atoms with Crippen LogP contribution in [0, 0.1) is 0 Å². The quantitative estimate of drug-likeness (QED) is 0.600. The van der Waals surface area contributed by atoms with E-state index in [0.29, 0.717) is 17.1 Å². The predicted molar refractivity (Wildman–Crippen MR) is 109 cm³/mol. The molecule has 3 aromatic rings. The molecule has 0 saturated heterocycles. The Labute approximate surface area is 160 Å². The van der Waals surface area contributed by atoms with E-state index in [1.807, 2.05) is 43.3 Å². The van der Waals surface area contributed by atoms with Crippen molar-refractivity contribution in [1.82, 2.24) is 10.3 Å². The number of anilines is 1. The first kappa shape index (κ1) is 17.8. The average Bonchev–Trinajstić information content (AvgIpc) is 3.01. The van der Waals surface area contributed by atoms with Gasteiger partial charge in [0.25, 0.3) is 0 Å². The Morgan fingerprint density at radius 2 is 2.08 bits per heavy atom. The van der Waals surface area contributed by atoms with Gasteiger partial charge in [0.2, 0.25) is 5.91 Å². The van der Waals surface area contributed by atoms with Crippen LogP contribution in [0.5, 0.6) is 0 Å². The molecule has 0 fully saturated rings. The van der Waals surface area contributed by atoms with Crippen molar-refractivity contribution in [2.24, 2.45) is 0 Å². The van der Waals surface area contributed by atoms with Crippen LogP contribution in [-0.2, 0) is 4.79 Å². The number of para-hydroxylation sites is 1. The van der Waals surface area contributed by atoms with Crippen molar-refractivity contribution in [2.75, 3.05) is 5.32 Å². The van der Waals surface area contributed by atoms with E-state index in [4.69, 9.17) is 23.8 Å². The molecular weight excluding hydrogens is 374 g/mol. The number of hydrogen-bond donors (Lipinski definition) is 2. The van der Waals surface area contributed by atoms with Crippen molar-refractivity contribution < 1.29 is 4.79 Å². The van der Waals surface area contributed by atoms with Gasteiger partial charge in [-0.25, -0.2) is 4.98 Å². The molecule has 1 heterocycles. The molecule has 0 aliphatic heterocycles. The normalized spacial score (nSPS) is 10.6. The molecule has 4 nitrogen and oxygen atoms in total. The summed E-state index contributed by atoms with van der Waals surface area (Å²) in [5, 5.41) is 7.30. The Bertz CT molecular complexity index is 906. The summed E-state index contributed by atoms with van der Waals surface area (Å²) in [6, 6.07) is 13.6. The van der Waals surface area contributed by atoms with Crippen LogP contribution in [0.25, 0.3) is 20.8 Å². The molecule has 1 amide bonds. The van der Waals surface area contributed by atoms with Crippen LogP contribution in [0.2, 0.25) is 5.02 Å². The molecule has 0 saturated carbocycles. The van der Waals surface area contributed by atoms with Crippen LogP contribution in [0.4, 0.5) is 5.69 Å². The van der Waals surface area contributed by atoms with Gasteiger partial charge < -0.3 is 10.6 Å². The third-order valence-electron chi connectivity index (χ3n) is 3.49. The van der Waals surface area contributed by atoms with Crippen molar-refractivity contribution in [3.05, 3.63) is 47.5 Å². The van der Waals surface area contributed by atoms with Gasteiger partial charge in [-0.3, -0.25) is 4.79 Å². The number of aromatic nitrogens is 1. The minimum Gasteiger partial charge on any atom is -0.331 e. The number of nitrogens with zero attached hydrogens (tertiary/aromatic N) is 1. The number of hydrogen-bond acceptors (Lipinski definition) is 4. The number of amides is 1. The third-order valence-corrected chi connectivity index (χ3v) is 5.10. The van der Waals surface area contributed by atoms with Crippen LogP contribution < -0.4 is 10.6 Å². The maximum Gasteiger partial charge on any atom is 0.226 e. The molecule has 0 bridgehead atoms. The van der Waals surface area contributed by atoms with Crippen molar-refractivity contribution in [3.8, 4) is 10.6 Å². The fourth-order valence-electron chi connectivity index (χ4n) is 2.32. The summed E-state index contributed by atoms with van der Waals surface area (Å²) in [7, 11) is 0. The molecule has 7 heteroatoms. The zero-order chi connectivity index (χ0) is 17.8. The molecule has 0 unspecified atom stereocenters. The van der Waals surface area contributed by atoms with Gasteiger partial charge in [-0.05, 0) is 42.9 Å². The standard InChI is InChI=1S/C18H16ClN3OS2/c1-2-5-16(23)22-18(24)21-14-10-11(8-9-12(14)19)17-20-13-6-3-4-7-15(13)25-17/h3-4,6-10H,2,5H2,1H3,(H2,21,22,23,24). The Hall–Kier alpha value is -2.02. The van der Waals surface area contributed by atoms with E-state index in [0.717, 1.165) is 27.2 Å². The van der Waals surface area contributed by atoms with E-state index in [-0.39, 0.29) is 11.0 Å². The van der Waals surface area contributed by atoms with Crippen molar-refractivity contribution in [2.45, 2.75) is 19.8 Å². The largest absolute Gasteiger partial charge is 0.331 e.